The molecule has 0 atom stereocenters. The first-order valence-corrected chi connectivity index (χ1v) is 11.6. The van der Waals surface area contributed by atoms with Crippen LogP contribution in [0, 0.1) is 12.3 Å². The topological polar surface area (TPSA) is 73.8 Å². The Morgan fingerprint density at radius 2 is 1.97 bits per heavy atom. The molecule has 0 bridgehead atoms. The number of carbonyl (C=O) groups excluding carboxylic acids is 1. The van der Waals surface area contributed by atoms with Gasteiger partial charge in [0.25, 0.3) is 5.91 Å². The molecule has 2 aliphatic heterocycles. The number of fused-ring (bicyclic) bond motifs is 1. The number of aryl methyl sites for hydroxylation is 1. The first-order chi connectivity index (χ1) is 15.9. The van der Waals surface area contributed by atoms with Crippen LogP contribution in [0.1, 0.15) is 22.3 Å². The normalized spacial score (nSPS) is 16.8. The number of carbonyl (C=O) groups is 1. The van der Waals surface area contributed by atoms with Crippen molar-refractivity contribution in [3.05, 3.63) is 98.8 Å². The van der Waals surface area contributed by atoms with E-state index in [1.54, 1.807) is 12.1 Å². The Labute approximate surface area is 204 Å². The van der Waals surface area contributed by atoms with Crippen molar-refractivity contribution in [2.75, 3.05) is 0 Å². The van der Waals surface area contributed by atoms with Gasteiger partial charge in [0, 0.05) is 24.5 Å². The molecule has 0 aliphatic carbocycles. The number of benzene rings is 2. The number of aromatic nitrogens is 1. The third-order valence-electron chi connectivity index (χ3n) is 5.15. The van der Waals surface area contributed by atoms with Crippen LogP contribution in [0.25, 0.3) is 6.08 Å². The SMILES string of the molecule is Cc1cccc(C2=NN3C(=N)/C(=C\c4ccn(Cc5ccc(Cl)c(Cl)c5)c4)C(=O)N=C3S2)c1. The van der Waals surface area contributed by atoms with Gasteiger partial charge in [0.2, 0.25) is 5.17 Å². The number of nitrogens with one attached hydrogen (secondary N) is 1. The molecule has 3 aromatic rings. The Morgan fingerprint density at radius 3 is 2.76 bits per heavy atom. The number of rotatable bonds is 4. The highest BCUT2D eigenvalue weighted by molar-refractivity contribution is 8.27. The highest BCUT2D eigenvalue weighted by atomic mass is 35.5. The predicted octanol–water partition coefficient (Wildman–Crippen LogP) is 5.82. The van der Waals surface area contributed by atoms with Gasteiger partial charge >= 0.3 is 0 Å². The van der Waals surface area contributed by atoms with Crippen molar-refractivity contribution in [2.24, 2.45) is 10.1 Å². The second-order valence-corrected chi connectivity index (χ2v) is 9.43. The summed E-state index contributed by atoms with van der Waals surface area (Å²) in [6.07, 6.45) is 5.47. The maximum absolute atomic E-state index is 12.7. The van der Waals surface area contributed by atoms with Gasteiger partial charge in [-0.25, -0.2) is 0 Å². The van der Waals surface area contributed by atoms with E-state index in [2.05, 4.69) is 10.1 Å². The van der Waals surface area contributed by atoms with Crippen molar-refractivity contribution in [1.82, 2.24) is 9.58 Å². The minimum absolute atomic E-state index is 0.0115. The lowest BCUT2D eigenvalue weighted by Gasteiger charge is -2.20. The van der Waals surface area contributed by atoms with Crippen molar-refractivity contribution in [3.8, 4) is 0 Å². The number of amidine groups is 2. The Bertz CT molecular complexity index is 1410. The fourth-order valence-electron chi connectivity index (χ4n) is 3.55. The fraction of sp³-hybridized carbons (Fsp3) is 0.0833. The zero-order valence-electron chi connectivity index (χ0n) is 17.4. The molecule has 0 saturated heterocycles. The van der Waals surface area contributed by atoms with Gasteiger partial charge in [-0.15, -0.1) is 0 Å². The van der Waals surface area contributed by atoms with E-state index in [0.717, 1.165) is 22.3 Å². The largest absolute Gasteiger partial charge is 0.349 e. The minimum Gasteiger partial charge on any atom is -0.349 e. The first kappa shape index (κ1) is 21.7. The molecule has 1 aromatic heterocycles. The predicted molar refractivity (Wildman–Crippen MR) is 135 cm³/mol. The van der Waals surface area contributed by atoms with Gasteiger partial charge in [-0.1, -0.05) is 53.0 Å². The Kier molecular flexibility index (Phi) is 5.70. The molecule has 2 aliphatic rings. The lowest BCUT2D eigenvalue weighted by molar-refractivity contribution is -0.114. The molecule has 0 fully saturated rings. The van der Waals surface area contributed by atoms with E-state index in [1.807, 2.05) is 66.3 Å². The summed E-state index contributed by atoms with van der Waals surface area (Å²) >= 11 is 13.4. The summed E-state index contributed by atoms with van der Waals surface area (Å²) in [6.45, 7) is 2.61. The Balaban J connectivity index is 1.38. The van der Waals surface area contributed by atoms with Crippen molar-refractivity contribution in [1.29, 1.82) is 5.41 Å². The summed E-state index contributed by atoms with van der Waals surface area (Å²) < 4.78 is 1.97. The molecule has 0 unspecified atom stereocenters. The summed E-state index contributed by atoms with van der Waals surface area (Å²) in [5.41, 5.74) is 4.03. The standard InChI is InChI=1S/C24H17Cl2N5OS/c1-14-3-2-4-17(9-14)23-29-31-21(27)18(22(32)28-24(31)33-23)10-16-7-8-30(13-16)12-15-5-6-19(25)20(26)11-15/h2-11,13,27H,12H2,1H3/b18-10+,27-21?. The molecule has 5 rings (SSSR count). The van der Waals surface area contributed by atoms with E-state index in [1.165, 1.54) is 16.8 Å². The molecule has 6 nitrogen and oxygen atoms in total. The number of hydrogen-bond acceptors (Lipinski definition) is 4. The third kappa shape index (κ3) is 4.39. The van der Waals surface area contributed by atoms with Crippen molar-refractivity contribution in [2.45, 2.75) is 13.5 Å². The van der Waals surface area contributed by atoms with Gasteiger partial charge in [0.1, 0.15) is 5.04 Å². The van der Waals surface area contributed by atoms with E-state index in [9.17, 15) is 4.79 Å². The average molecular weight is 494 g/mol. The summed E-state index contributed by atoms with van der Waals surface area (Å²) in [7, 11) is 0. The number of hydrogen-bond donors (Lipinski definition) is 1. The second kappa shape index (κ2) is 8.67. The number of nitrogens with zero attached hydrogens (tertiary/aromatic N) is 4. The summed E-state index contributed by atoms with van der Waals surface area (Å²) in [5.74, 6) is -0.436. The van der Waals surface area contributed by atoms with Gasteiger partial charge < -0.3 is 4.57 Å². The van der Waals surface area contributed by atoms with Crippen LogP contribution in [0.2, 0.25) is 10.0 Å². The van der Waals surface area contributed by atoms with Gasteiger partial charge in [-0.05, 0) is 60.2 Å². The lowest BCUT2D eigenvalue weighted by atomic mass is 10.1. The van der Waals surface area contributed by atoms with Crippen LogP contribution in [0.4, 0.5) is 0 Å². The van der Waals surface area contributed by atoms with E-state index in [-0.39, 0.29) is 11.4 Å². The molecule has 2 aromatic carbocycles. The average Bonchev–Trinajstić information content (AvgIpc) is 3.41. The summed E-state index contributed by atoms with van der Waals surface area (Å²) in [4.78, 5) is 16.9. The lowest BCUT2D eigenvalue weighted by Crippen LogP contribution is -2.35. The number of amides is 1. The molecule has 0 radical (unpaired) electrons. The molecule has 33 heavy (non-hydrogen) atoms. The van der Waals surface area contributed by atoms with Crippen LogP contribution in [0.15, 0.2) is 76.6 Å². The van der Waals surface area contributed by atoms with Crippen molar-refractivity contribution >= 4 is 63.0 Å². The fourth-order valence-corrected chi connectivity index (χ4v) is 4.75. The van der Waals surface area contributed by atoms with Gasteiger partial charge in [-0.2, -0.15) is 15.1 Å². The summed E-state index contributed by atoms with van der Waals surface area (Å²) in [5, 5.41) is 16.7. The van der Waals surface area contributed by atoms with Gasteiger partial charge in [0.05, 0.1) is 15.6 Å². The number of thioether (sulfide) groups is 1. The van der Waals surface area contributed by atoms with E-state index >= 15 is 0 Å². The highest BCUT2D eigenvalue weighted by Crippen LogP contribution is 2.31. The van der Waals surface area contributed by atoms with E-state index in [4.69, 9.17) is 28.6 Å². The van der Waals surface area contributed by atoms with Crippen LogP contribution in [-0.4, -0.2) is 31.5 Å². The first-order valence-electron chi connectivity index (χ1n) is 10.0. The molecule has 9 heteroatoms. The molecule has 1 N–H and O–H groups in total. The quantitative estimate of drug-likeness (QED) is 0.465. The molecule has 0 saturated carbocycles. The molecule has 0 spiro atoms. The smallest absolute Gasteiger partial charge is 0.283 e. The highest BCUT2D eigenvalue weighted by Gasteiger charge is 2.36. The van der Waals surface area contributed by atoms with Gasteiger partial charge in [-0.3, -0.25) is 10.2 Å². The number of aliphatic imine (C=N–C) groups is 1. The molecule has 1 amide bonds. The molecule has 164 valence electrons. The van der Waals surface area contributed by atoms with Crippen molar-refractivity contribution in [3.63, 3.8) is 0 Å². The molecule has 3 heterocycles. The van der Waals surface area contributed by atoms with E-state index in [0.29, 0.717) is 26.8 Å². The van der Waals surface area contributed by atoms with E-state index < -0.39 is 5.91 Å². The maximum Gasteiger partial charge on any atom is 0.283 e. The molecular formula is C24H17Cl2N5OS. The molecular weight excluding hydrogens is 477 g/mol. The minimum atomic E-state index is -0.448. The van der Waals surface area contributed by atoms with Crippen LogP contribution in [0.5, 0.6) is 0 Å². The second-order valence-electron chi connectivity index (χ2n) is 7.66. The third-order valence-corrected chi connectivity index (χ3v) is 6.85. The Morgan fingerprint density at radius 1 is 1.12 bits per heavy atom. The van der Waals surface area contributed by atoms with Crippen molar-refractivity contribution < 1.29 is 4.79 Å². The summed E-state index contributed by atoms with van der Waals surface area (Å²) in [6, 6.07) is 15.3. The maximum atomic E-state index is 12.7. The van der Waals surface area contributed by atoms with Gasteiger partial charge in [0.15, 0.2) is 5.84 Å². The van der Waals surface area contributed by atoms with Crippen LogP contribution >= 0.6 is 35.0 Å². The zero-order valence-corrected chi connectivity index (χ0v) is 19.7. The van der Waals surface area contributed by atoms with Crippen LogP contribution in [0.3, 0.4) is 0 Å². The van der Waals surface area contributed by atoms with Crippen LogP contribution < -0.4 is 0 Å². The number of halogens is 2. The zero-order chi connectivity index (χ0) is 23.1. The van der Waals surface area contributed by atoms with Crippen LogP contribution in [-0.2, 0) is 11.3 Å². The Hall–Kier alpha value is -3.13. The monoisotopic (exact) mass is 493 g/mol. The number of hydrazone groups is 1.